The molecule has 1 aromatic carbocycles. The van der Waals surface area contributed by atoms with Crippen LogP contribution in [0.4, 0.5) is 11.6 Å². The van der Waals surface area contributed by atoms with E-state index < -0.39 is 0 Å². The molecule has 5 heteroatoms. The van der Waals surface area contributed by atoms with Crippen LogP contribution in [0.25, 0.3) is 11.0 Å². The minimum atomic E-state index is -0.300. The molecule has 0 amide bonds. The Morgan fingerprint density at radius 2 is 1.94 bits per heavy atom. The van der Waals surface area contributed by atoms with Gasteiger partial charge >= 0.3 is 0 Å². The zero-order valence-electron chi connectivity index (χ0n) is 10.1. The lowest BCUT2D eigenvalue weighted by molar-refractivity contribution is 0.154. The number of aliphatic hydroxyl groups is 1. The largest absolute Gasteiger partial charge is 0.391 e. The molecule has 0 radical (unpaired) electrons. The van der Waals surface area contributed by atoms with Crippen molar-refractivity contribution in [1.82, 2.24) is 9.97 Å². The summed E-state index contributed by atoms with van der Waals surface area (Å²) in [5.41, 5.74) is 7.60. The zero-order chi connectivity index (χ0) is 12.5. The van der Waals surface area contributed by atoms with Gasteiger partial charge in [-0.25, -0.2) is 9.97 Å². The molecule has 1 atom stereocenters. The lowest BCUT2D eigenvalue weighted by atomic mass is 10.1. The number of para-hydroxylation sites is 2. The molecule has 0 bridgehead atoms. The molecule has 2 aromatic rings. The second kappa shape index (κ2) is 4.42. The van der Waals surface area contributed by atoms with Gasteiger partial charge in [0.1, 0.15) is 0 Å². The molecule has 1 aliphatic rings. The Balaban J connectivity index is 2.02. The minimum Gasteiger partial charge on any atom is -0.391 e. The van der Waals surface area contributed by atoms with Crippen LogP contribution < -0.4 is 10.6 Å². The predicted molar refractivity (Wildman–Crippen MR) is 71.4 cm³/mol. The van der Waals surface area contributed by atoms with Crippen molar-refractivity contribution in [3.8, 4) is 0 Å². The minimum absolute atomic E-state index is 0.300. The van der Waals surface area contributed by atoms with Crippen LogP contribution in [0, 0.1) is 0 Å². The highest BCUT2D eigenvalue weighted by Gasteiger charge is 2.21. The Hall–Kier alpha value is -1.88. The first-order valence-electron chi connectivity index (χ1n) is 6.19. The van der Waals surface area contributed by atoms with Gasteiger partial charge in [-0.3, -0.25) is 0 Å². The van der Waals surface area contributed by atoms with Crippen molar-refractivity contribution >= 4 is 22.7 Å². The Labute approximate surface area is 105 Å². The van der Waals surface area contributed by atoms with Gasteiger partial charge in [0.15, 0.2) is 11.6 Å². The standard InChI is InChI=1S/C13H16N4O/c14-12-13(17-7-3-4-9(18)8-17)16-11-6-2-1-5-10(11)15-12/h1-2,5-6,9,18H,3-4,7-8H2,(H2,14,15). The van der Waals surface area contributed by atoms with Crippen LogP contribution in [0.3, 0.4) is 0 Å². The summed E-state index contributed by atoms with van der Waals surface area (Å²) in [7, 11) is 0. The number of fused-ring (bicyclic) bond motifs is 1. The van der Waals surface area contributed by atoms with Crippen LogP contribution in [-0.2, 0) is 0 Å². The van der Waals surface area contributed by atoms with E-state index in [4.69, 9.17) is 5.73 Å². The number of nitrogen functional groups attached to an aromatic ring is 1. The van der Waals surface area contributed by atoms with Crippen molar-refractivity contribution in [1.29, 1.82) is 0 Å². The molecular formula is C13H16N4O. The van der Waals surface area contributed by atoms with Gasteiger partial charge in [-0.2, -0.15) is 0 Å². The van der Waals surface area contributed by atoms with E-state index in [1.54, 1.807) is 0 Å². The fourth-order valence-corrected chi connectivity index (χ4v) is 2.38. The number of rotatable bonds is 1. The molecule has 1 unspecified atom stereocenters. The normalized spacial score (nSPS) is 20.3. The number of β-amino-alcohol motifs (C(OH)–C–C–N with tert-alkyl or cyclic N) is 1. The maximum Gasteiger partial charge on any atom is 0.172 e. The Morgan fingerprint density at radius 3 is 2.67 bits per heavy atom. The van der Waals surface area contributed by atoms with Crippen molar-refractivity contribution in [3.63, 3.8) is 0 Å². The van der Waals surface area contributed by atoms with Gasteiger partial charge < -0.3 is 15.7 Å². The van der Waals surface area contributed by atoms with Gasteiger partial charge in [-0.05, 0) is 25.0 Å². The van der Waals surface area contributed by atoms with E-state index in [1.807, 2.05) is 29.2 Å². The monoisotopic (exact) mass is 244 g/mol. The van der Waals surface area contributed by atoms with Gasteiger partial charge in [-0.15, -0.1) is 0 Å². The molecule has 5 nitrogen and oxygen atoms in total. The molecule has 2 heterocycles. The fourth-order valence-electron chi connectivity index (χ4n) is 2.38. The van der Waals surface area contributed by atoms with E-state index in [9.17, 15) is 5.11 Å². The quantitative estimate of drug-likeness (QED) is 0.787. The highest BCUT2D eigenvalue weighted by molar-refractivity contribution is 5.79. The summed E-state index contributed by atoms with van der Waals surface area (Å²) < 4.78 is 0. The summed E-state index contributed by atoms with van der Waals surface area (Å²) >= 11 is 0. The summed E-state index contributed by atoms with van der Waals surface area (Å²) in [6.45, 7) is 1.45. The van der Waals surface area contributed by atoms with Gasteiger partial charge in [0.05, 0.1) is 17.1 Å². The molecule has 1 aliphatic heterocycles. The molecule has 1 saturated heterocycles. The third kappa shape index (κ3) is 1.97. The molecule has 3 rings (SSSR count). The first kappa shape index (κ1) is 11.2. The molecule has 94 valence electrons. The number of hydrogen-bond acceptors (Lipinski definition) is 5. The van der Waals surface area contributed by atoms with Crippen molar-refractivity contribution in [2.45, 2.75) is 18.9 Å². The summed E-state index contributed by atoms with van der Waals surface area (Å²) in [6.07, 6.45) is 1.50. The summed E-state index contributed by atoms with van der Waals surface area (Å²) in [6, 6.07) is 7.67. The Bertz CT molecular complexity index is 572. The SMILES string of the molecule is Nc1nc2ccccc2nc1N1CCCC(O)C1. The first-order valence-corrected chi connectivity index (χ1v) is 6.19. The van der Waals surface area contributed by atoms with Crippen molar-refractivity contribution in [2.24, 2.45) is 0 Å². The molecule has 0 saturated carbocycles. The Kier molecular flexibility index (Phi) is 2.76. The zero-order valence-corrected chi connectivity index (χ0v) is 10.1. The number of aromatic nitrogens is 2. The van der Waals surface area contributed by atoms with Gasteiger partial charge in [0.25, 0.3) is 0 Å². The molecule has 0 aliphatic carbocycles. The molecule has 1 fully saturated rings. The average Bonchev–Trinajstić information content (AvgIpc) is 2.38. The number of nitrogens with two attached hydrogens (primary N) is 1. The van der Waals surface area contributed by atoms with Crippen LogP contribution >= 0.6 is 0 Å². The van der Waals surface area contributed by atoms with Gasteiger partial charge in [0.2, 0.25) is 0 Å². The molecule has 3 N–H and O–H groups in total. The van der Waals surface area contributed by atoms with Crippen molar-refractivity contribution in [3.05, 3.63) is 24.3 Å². The van der Waals surface area contributed by atoms with Crippen LogP contribution in [0.1, 0.15) is 12.8 Å². The number of aliphatic hydroxyl groups excluding tert-OH is 1. The van der Waals surface area contributed by atoms with Crippen LogP contribution in [0.15, 0.2) is 24.3 Å². The van der Waals surface area contributed by atoms with E-state index in [0.29, 0.717) is 18.2 Å². The van der Waals surface area contributed by atoms with Crippen LogP contribution in [0.2, 0.25) is 0 Å². The molecule has 0 spiro atoms. The second-order valence-corrected chi connectivity index (χ2v) is 4.66. The maximum absolute atomic E-state index is 9.71. The van der Waals surface area contributed by atoms with Gasteiger partial charge in [-0.1, -0.05) is 12.1 Å². The van der Waals surface area contributed by atoms with Crippen LogP contribution in [0.5, 0.6) is 0 Å². The van der Waals surface area contributed by atoms with Gasteiger partial charge in [0, 0.05) is 13.1 Å². The number of hydrogen-bond donors (Lipinski definition) is 2. The summed E-state index contributed by atoms with van der Waals surface area (Å²) in [5.74, 6) is 1.12. The van der Waals surface area contributed by atoms with E-state index in [1.165, 1.54) is 0 Å². The van der Waals surface area contributed by atoms with Crippen LogP contribution in [-0.4, -0.2) is 34.3 Å². The molecule has 1 aromatic heterocycles. The van der Waals surface area contributed by atoms with E-state index in [-0.39, 0.29) is 6.10 Å². The average molecular weight is 244 g/mol. The molecular weight excluding hydrogens is 228 g/mol. The smallest absolute Gasteiger partial charge is 0.172 e. The molecule has 18 heavy (non-hydrogen) atoms. The number of nitrogens with zero attached hydrogens (tertiary/aromatic N) is 3. The maximum atomic E-state index is 9.71. The number of anilines is 2. The topological polar surface area (TPSA) is 75.3 Å². The lowest BCUT2D eigenvalue weighted by Gasteiger charge is -2.31. The predicted octanol–water partition coefficient (Wildman–Crippen LogP) is 1.17. The third-order valence-electron chi connectivity index (χ3n) is 3.27. The highest BCUT2D eigenvalue weighted by Crippen LogP contribution is 2.25. The lowest BCUT2D eigenvalue weighted by Crippen LogP contribution is -2.39. The Morgan fingerprint density at radius 1 is 1.22 bits per heavy atom. The summed E-state index contributed by atoms with van der Waals surface area (Å²) in [5, 5.41) is 9.71. The van der Waals surface area contributed by atoms with Crippen molar-refractivity contribution in [2.75, 3.05) is 23.7 Å². The second-order valence-electron chi connectivity index (χ2n) is 4.66. The number of piperidine rings is 1. The van der Waals surface area contributed by atoms with E-state index >= 15 is 0 Å². The van der Waals surface area contributed by atoms with E-state index in [0.717, 1.165) is 30.4 Å². The number of benzene rings is 1. The van der Waals surface area contributed by atoms with Crippen molar-refractivity contribution < 1.29 is 5.11 Å². The third-order valence-corrected chi connectivity index (χ3v) is 3.27. The first-order chi connectivity index (χ1) is 8.74. The van der Waals surface area contributed by atoms with E-state index in [2.05, 4.69) is 9.97 Å². The summed E-state index contributed by atoms with van der Waals surface area (Å²) in [4.78, 5) is 10.9. The highest BCUT2D eigenvalue weighted by atomic mass is 16.3. The fraction of sp³-hybridized carbons (Fsp3) is 0.385.